The number of alkyl halides is 1. The van der Waals surface area contributed by atoms with Crippen molar-refractivity contribution in [2.24, 2.45) is 0 Å². The molecule has 3 nitrogen and oxygen atoms in total. The van der Waals surface area contributed by atoms with E-state index in [1.54, 1.807) is 7.11 Å². The Morgan fingerprint density at radius 1 is 1.20 bits per heavy atom. The minimum atomic E-state index is 0.366. The molecule has 2 aromatic carbocycles. The van der Waals surface area contributed by atoms with Crippen molar-refractivity contribution in [3.63, 3.8) is 0 Å². The van der Waals surface area contributed by atoms with E-state index in [4.69, 9.17) is 16.3 Å². The van der Waals surface area contributed by atoms with Crippen molar-refractivity contribution in [1.82, 2.24) is 9.55 Å². The third kappa shape index (κ3) is 2.14. The minimum Gasteiger partial charge on any atom is -0.497 e. The zero-order valence-corrected chi connectivity index (χ0v) is 12.2. The molecule has 0 spiro atoms. The number of halogens is 1. The number of hydrogen-bond donors (Lipinski definition) is 0. The summed E-state index contributed by atoms with van der Waals surface area (Å²) in [5.41, 5.74) is 4.21. The van der Waals surface area contributed by atoms with Crippen LogP contribution in [-0.2, 0) is 5.88 Å². The van der Waals surface area contributed by atoms with E-state index in [-0.39, 0.29) is 0 Å². The predicted octanol–water partition coefficient (Wildman–Crippen LogP) is 4.08. The molecule has 0 aliphatic rings. The number of aromatic nitrogens is 2. The molecule has 0 atom stereocenters. The molecule has 0 saturated carbocycles. The highest BCUT2D eigenvalue weighted by atomic mass is 35.5. The number of aryl methyl sites for hydroxylation is 1. The molecule has 3 aromatic rings. The van der Waals surface area contributed by atoms with Crippen LogP contribution in [-0.4, -0.2) is 16.7 Å². The maximum Gasteiger partial charge on any atom is 0.129 e. The van der Waals surface area contributed by atoms with Gasteiger partial charge in [-0.15, -0.1) is 11.6 Å². The highest BCUT2D eigenvalue weighted by molar-refractivity contribution is 6.17. The zero-order chi connectivity index (χ0) is 14.1. The van der Waals surface area contributed by atoms with Crippen LogP contribution in [0, 0.1) is 6.92 Å². The Bertz CT molecular complexity index is 764. The first-order chi connectivity index (χ1) is 9.72. The van der Waals surface area contributed by atoms with E-state index in [0.717, 1.165) is 28.3 Å². The molecule has 4 heteroatoms. The Balaban J connectivity index is 2.28. The van der Waals surface area contributed by atoms with Gasteiger partial charge in [0.1, 0.15) is 11.6 Å². The molecule has 0 unspecified atom stereocenters. The van der Waals surface area contributed by atoms with Crippen molar-refractivity contribution < 1.29 is 4.74 Å². The molecule has 1 heterocycles. The summed E-state index contributed by atoms with van der Waals surface area (Å²) in [5.74, 6) is 2.00. The van der Waals surface area contributed by atoms with Gasteiger partial charge in [-0.1, -0.05) is 12.1 Å². The van der Waals surface area contributed by atoms with Crippen LogP contribution in [0.15, 0.2) is 42.5 Å². The lowest BCUT2D eigenvalue weighted by Crippen LogP contribution is -1.99. The van der Waals surface area contributed by atoms with Gasteiger partial charge in [0.2, 0.25) is 0 Å². The third-order valence-corrected chi connectivity index (χ3v) is 3.55. The molecule has 0 bridgehead atoms. The first kappa shape index (κ1) is 13.0. The van der Waals surface area contributed by atoms with Gasteiger partial charge in [-0.3, -0.25) is 4.57 Å². The van der Waals surface area contributed by atoms with Gasteiger partial charge in [0, 0.05) is 11.8 Å². The molecular formula is C16H15ClN2O. The first-order valence-electron chi connectivity index (χ1n) is 6.41. The molecule has 3 rings (SSSR count). The van der Waals surface area contributed by atoms with Gasteiger partial charge in [-0.2, -0.15) is 0 Å². The molecule has 0 fully saturated rings. The SMILES string of the molecule is COc1ccc2c(c1)nc(CCl)n2-c1cccc(C)c1. The van der Waals surface area contributed by atoms with Crippen molar-refractivity contribution in [3.05, 3.63) is 53.9 Å². The molecule has 102 valence electrons. The Kier molecular flexibility index (Phi) is 3.36. The quantitative estimate of drug-likeness (QED) is 0.678. The Hall–Kier alpha value is -2.00. The first-order valence-corrected chi connectivity index (χ1v) is 6.95. The van der Waals surface area contributed by atoms with Gasteiger partial charge < -0.3 is 4.74 Å². The second-order valence-corrected chi connectivity index (χ2v) is 4.96. The van der Waals surface area contributed by atoms with Gasteiger partial charge in [-0.25, -0.2) is 4.98 Å². The van der Waals surface area contributed by atoms with Crippen LogP contribution >= 0.6 is 11.6 Å². The lowest BCUT2D eigenvalue weighted by molar-refractivity contribution is 0.415. The number of methoxy groups -OCH3 is 1. The molecule has 0 amide bonds. The second kappa shape index (κ2) is 5.17. The average Bonchev–Trinajstić information content (AvgIpc) is 2.84. The number of imidazole rings is 1. The maximum absolute atomic E-state index is 6.05. The molecule has 0 aliphatic heterocycles. The number of hydrogen-bond acceptors (Lipinski definition) is 2. The maximum atomic E-state index is 6.05. The van der Waals surface area contributed by atoms with Crippen LogP contribution in [0.5, 0.6) is 5.75 Å². The van der Waals surface area contributed by atoms with Gasteiger partial charge >= 0.3 is 0 Å². The van der Waals surface area contributed by atoms with Crippen molar-refractivity contribution in [1.29, 1.82) is 0 Å². The van der Waals surface area contributed by atoms with Crippen LogP contribution in [0.3, 0.4) is 0 Å². The van der Waals surface area contributed by atoms with Gasteiger partial charge in [0.25, 0.3) is 0 Å². The summed E-state index contributed by atoms with van der Waals surface area (Å²) in [7, 11) is 1.65. The van der Waals surface area contributed by atoms with Gasteiger partial charge in [0.05, 0.1) is 24.0 Å². The Morgan fingerprint density at radius 2 is 2.05 bits per heavy atom. The van der Waals surface area contributed by atoms with Gasteiger partial charge in [-0.05, 0) is 36.8 Å². The van der Waals surface area contributed by atoms with Crippen LogP contribution in [0.4, 0.5) is 0 Å². The topological polar surface area (TPSA) is 27.1 Å². The summed E-state index contributed by atoms with van der Waals surface area (Å²) >= 11 is 6.05. The van der Waals surface area contributed by atoms with Crippen molar-refractivity contribution >= 4 is 22.6 Å². The fraction of sp³-hybridized carbons (Fsp3) is 0.188. The number of fused-ring (bicyclic) bond motifs is 1. The molecule has 0 radical (unpaired) electrons. The van der Waals surface area contributed by atoms with Gasteiger partial charge in [0.15, 0.2) is 0 Å². The summed E-state index contributed by atoms with van der Waals surface area (Å²) in [6, 6.07) is 14.2. The fourth-order valence-corrected chi connectivity index (χ4v) is 2.56. The fourth-order valence-electron chi connectivity index (χ4n) is 2.38. The summed E-state index contributed by atoms with van der Waals surface area (Å²) in [6.07, 6.45) is 0. The molecule has 1 aromatic heterocycles. The molecule has 0 saturated heterocycles. The van der Waals surface area contributed by atoms with E-state index >= 15 is 0 Å². The lowest BCUT2D eigenvalue weighted by Gasteiger charge is -2.08. The largest absolute Gasteiger partial charge is 0.497 e. The second-order valence-electron chi connectivity index (χ2n) is 4.69. The van der Waals surface area contributed by atoms with Crippen LogP contribution in [0.25, 0.3) is 16.7 Å². The van der Waals surface area contributed by atoms with E-state index in [1.165, 1.54) is 5.56 Å². The monoisotopic (exact) mass is 286 g/mol. The summed E-state index contributed by atoms with van der Waals surface area (Å²) < 4.78 is 7.34. The Morgan fingerprint density at radius 3 is 2.75 bits per heavy atom. The minimum absolute atomic E-state index is 0.366. The third-order valence-electron chi connectivity index (χ3n) is 3.31. The normalized spacial score (nSPS) is 10.9. The molecule has 0 aliphatic carbocycles. The standard InChI is InChI=1S/C16H15ClN2O/c1-11-4-3-5-12(8-11)19-15-7-6-13(20-2)9-14(15)18-16(19)10-17/h3-9H,10H2,1-2H3. The van der Waals surface area contributed by atoms with E-state index in [9.17, 15) is 0 Å². The summed E-state index contributed by atoms with van der Waals surface area (Å²) in [4.78, 5) is 4.60. The number of benzene rings is 2. The summed E-state index contributed by atoms with van der Waals surface area (Å²) in [6.45, 7) is 2.08. The van der Waals surface area contributed by atoms with Crippen molar-refractivity contribution in [3.8, 4) is 11.4 Å². The molecule has 0 N–H and O–H groups in total. The van der Waals surface area contributed by atoms with Crippen LogP contribution in [0.1, 0.15) is 11.4 Å². The van der Waals surface area contributed by atoms with Crippen molar-refractivity contribution in [2.75, 3.05) is 7.11 Å². The van der Waals surface area contributed by atoms with Crippen LogP contribution in [0.2, 0.25) is 0 Å². The molecule has 20 heavy (non-hydrogen) atoms. The predicted molar refractivity (Wildman–Crippen MR) is 81.9 cm³/mol. The van der Waals surface area contributed by atoms with Crippen LogP contribution < -0.4 is 4.74 Å². The summed E-state index contributed by atoms with van der Waals surface area (Å²) in [5, 5.41) is 0. The highest BCUT2D eigenvalue weighted by Gasteiger charge is 2.12. The number of nitrogens with zero attached hydrogens (tertiary/aromatic N) is 2. The van der Waals surface area contributed by atoms with Crippen molar-refractivity contribution in [2.45, 2.75) is 12.8 Å². The highest BCUT2D eigenvalue weighted by Crippen LogP contribution is 2.26. The van der Waals surface area contributed by atoms with E-state index in [1.807, 2.05) is 24.3 Å². The van der Waals surface area contributed by atoms with E-state index in [2.05, 4.69) is 34.7 Å². The van der Waals surface area contributed by atoms with E-state index < -0.39 is 0 Å². The smallest absolute Gasteiger partial charge is 0.129 e. The Labute approximate surface area is 122 Å². The molecular weight excluding hydrogens is 272 g/mol. The number of ether oxygens (including phenoxy) is 1. The van der Waals surface area contributed by atoms with E-state index in [0.29, 0.717) is 5.88 Å². The number of rotatable bonds is 3. The zero-order valence-electron chi connectivity index (χ0n) is 11.4. The lowest BCUT2D eigenvalue weighted by atomic mass is 10.2. The average molecular weight is 287 g/mol.